The molecule has 0 spiro atoms. The summed E-state index contributed by atoms with van der Waals surface area (Å²) in [6.07, 6.45) is 4.99. The summed E-state index contributed by atoms with van der Waals surface area (Å²) in [5.74, 6) is -0.713. The Kier molecular flexibility index (Phi) is 12.1. The summed E-state index contributed by atoms with van der Waals surface area (Å²) in [7, 11) is -1.40. The minimum Gasteiger partial charge on any atom is -0.493 e. The number of hydrogen-bond acceptors (Lipinski definition) is 6. The van der Waals surface area contributed by atoms with Gasteiger partial charge < -0.3 is 19.7 Å². The van der Waals surface area contributed by atoms with E-state index >= 15 is 0 Å². The minimum absolute atomic E-state index is 0.00773. The first-order valence-corrected chi connectivity index (χ1v) is 18.2. The highest BCUT2D eigenvalue weighted by atomic mass is 32.2. The van der Waals surface area contributed by atoms with Gasteiger partial charge in [-0.15, -0.1) is 0 Å². The molecule has 0 aromatic heterocycles. The summed E-state index contributed by atoms with van der Waals surface area (Å²) in [6.45, 7) is 1.17. The Morgan fingerprint density at radius 1 is 0.840 bits per heavy atom. The van der Waals surface area contributed by atoms with Crippen molar-refractivity contribution < 1.29 is 31.9 Å². The van der Waals surface area contributed by atoms with Crippen LogP contribution in [0.2, 0.25) is 0 Å². The number of carbonyl (C=O) groups excluding carboxylic acids is 2. The van der Waals surface area contributed by atoms with Crippen LogP contribution in [-0.2, 0) is 32.6 Å². The molecule has 0 unspecified atom stereocenters. The van der Waals surface area contributed by atoms with Crippen LogP contribution < -0.4 is 19.1 Å². The van der Waals surface area contributed by atoms with Crippen molar-refractivity contribution in [3.63, 3.8) is 0 Å². The first-order chi connectivity index (χ1) is 24.1. The Labute approximate surface area is 294 Å². The van der Waals surface area contributed by atoms with Crippen molar-refractivity contribution in [3.05, 3.63) is 120 Å². The molecule has 1 N–H and O–H groups in total. The zero-order chi connectivity index (χ0) is 35.7. The van der Waals surface area contributed by atoms with Gasteiger partial charge in [-0.3, -0.25) is 13.9 Å². The lowest BCUT2D eigenvalue weighted by atomic mass is 9.94. The molecule has 11 heteroatoms. The number of aryl methyl sites for hydroxylation is 1. The highest BCUT2D eigenvalue weighted by Crippen LogP contribution is 2.34. The van der Waals surface area contributed by atoms with Gasteiger partial charge in [0.2, 0.25) is 11.8 Å². The van der Waals surface area contributed by atoms with Crippen molar-refractivity contribution in [3.8, 4) is 11.5 Å². The summed E-state index contributed by atoms with van der Waals surface area (Å²) in [6, 6.07) is 25.1. The van der Waals surface area contributed by atoms with Gasteiger partial charge in [0, 0.05) is 25.1 Å². The van der Waals surface area contributed by atoms with Gasteiger partial charge in [-0.2, -0.15) is 0 Å². The minimum atomic E-state index is -4.31. The molecule has 264 valence electrons. The molecule has 1 aliphatic rings. The number of amides is 2. The fraction of sp³-hybridized carbons (Fsp3) is 0.333. The van der Waals surface area contributed by atoms with E-state index in [9.17, 15) is 22.4 Å². The van der Waals surface area contributed by atoms with E-state index in [0.717, 1.165) is 47.5 Å². The third kappa shape index (κ3) is 9.01. The first-order valence-electron chi connectivity index (χ1n) is 16.8. The third-order valence-corrected chi connectivity index (χ3v) is 10.8. The van der Waals surface area contributed by atoms with Crippen LogP contribution in [0, 0.1) is 12.7 Å². The predicted octanol–water partition coefficient (Wildman–Crippen LogP) is 6.44. The number of ether oxygens (including phenoxy) is 2. The largest absolute Gasteiger partial charge is 0.493 e. The van der Waals surface area contributed by atoms with Crippen LogP contribution in [0.15, 0.2) is 102 Å². The second kappa shape index (κ2) is 16.7. The highest BCUT2D eigenvalue weighted by Gasteiger charge is 2.35. The topological polar surface area (TPSA) is 105 Å². The normalized spacial score (nSPS) is 14.0. The Hall–Kier alpha value is -4.90. The van der Waals surface area contributed by atoms with Crippen molar-refractivity contribution in [1.29, 1.82) is 0 Å². The van der Waals surface area contributed by atoms with E-state index in [4.69, 9.17) is 9.47 Å². The fourth-order valence-electron chi connectivity index (χ4n) is 6.23. The molecule has 1 aliphatic carbocycles. The van der Waals surface area contributed by atoms with Gasteiger partial charge in [-0.05, 0) is 67.3 Å². The Balaban J connectivity index is 1.59. The Morgan fingerprint density at radius 3 is 2.14 bits per heavy atom. The van der Waals surface area contributed by atoms with Crippen LogP contribution in [0.5, 0.6) is 11.5 Å². The number of sulfonamides is 1. The van der Waals surface area contributed by atoms with E-state index in [1.165, 1.54) is 49.5 Å². The molecule has 0 aliphatic heterocycles. The molecular weight excluding hydrogens is 658 g/mol. The number of rotatable bonds is 14. The third-order valence-electron chi connectivity index (χ3n) is 9.03. The summed E-state index contributed by atoms with van der Waals surface area (Å²) in [5, 5.41) is 3.19. The van der Waals surface area contributed by atoms with Crippen molar-refractivity contribution in [1.82, 2.24) is 10.2 Å². The first kappa shape index (κ1) is 36.4. The lowest BCUT2D eigenvalue weighted by molar-refractivity contribution is -0.140. The van der Waals surface area contributed by atoms with Gasteiger partial charge in [0.15, 0.2) is 11.5 Å². The molecule has 1 fully saturated rings. The van der Waals surface area contributed by atoms with Crippen molar-refractivity contribution in [2.45, 2.75) is 69.0 Å². The molecule has 0 radical (unpaired) electrons. The predicted molar refractivity (Wildman–Crippen MR) is 191 cm³/mol. The molecule has 50 heavy (non-hydrogen) atoms. The maximum atomic E-state index is 14.7. The fourth-order valence-corrected chi connectivity index (χ4v) is 7.64. The molecule has 1 atom stereocenters. The molecule has 5 rings (SSSR count). The molecule has 0 saturated heterocycles. The lowest BCUT2D eigenvalue weighted by Gasteiger charge is -2.35. The molecule has 4 aromatic carbocycles. The number of anilines is 1. The maximum absolute atomic E-state index is 14.7. The number of nitrogens with zero attached hydrogens (tertiary/aromatic N) is 2. The monoisotopic (exact) mass is 701 g/mol. The number of carbonyl (C=O) groups is 2. The standard InChI is InChI=1S/C39H44FN3O6S/c1-28-14-21-34(22-15-28)50(46,47)43(33-20-23-36(48-2)37(25-33)49-3)27-38(44)42(26-30-16-18-31(40)19-17-30)35(24-29-10-6-4-7-11-29)39(45)41-32-12-8-5-9-13-32/h4,6-7,10-11,14-23,25,32,35H,5,8-9,12-13,24,26-27H2,1-3H3,(H,41,45)/t35-/m1/s1. The zero-order valence-corrected chi connectivity index (χ0v) is 29.5. The van der Waals surface area contributed by atoms with Gasteiger partial charge in [0.25, 0.3) is 10.0 Å². The summed E-state index contributed by atoms with van der Waals surface area (Å²) in [5.41, 5.74) is 2.46. The van der Waals surface area contributed by atoms with Gasteiger partial charge in [-0.25, -0.2) is 12.8 Å². The zero-order valence-electron chi connectivity index (χ0n) is 28.7. The van der Waals surface area contributed by atoms with Gasteiger partial charge in [0.05, 0.1) is 24.8 Å². The van der Waals surface area contributed by atoms with Crippen molar-refractivity contribution >= 4 is 27.5 Å². The van der Waals surface area contributed by atoms with E-state index in [0.29, 0.717) is 11.3 Å². The lowest BCUT2D eigenvalue weighted by Crippen LogP contribution is -2.55. The average molecular weight is 702 g/mol. The maximum Gasteiger partial charge on any atom is 0.264 e. The molecule has 0 heterocycles. The molecular formula is C39H44FN3O6S. The number of nitrogens with one attached hydrogen (secondary N) is 1. The van der Waals surface area contributed by atoms with Gasteiger partial charge in [0.1, 0.15) is 18.4 Å². The van der Waals surface area contributed by atoms with E-state index in [1.807, 2.05) is 37.3 Å². The smallest absolute Gasteiger partial charge is 0.264 e. The average Bonchev–Trinajstić information content (AvgIpc) is 3.13. The summed E-state index contributed by atoms with van der Waals surface area (Å²) >= 11 is 0. The summed E-state index contributed by atoms with van der Waals surface area (Å²) < 4.78 is 54.6. The Morgan fingerprint density at radius 2 is 1.50 bits per heavy atom. The number of halogens is 1. The van der Waals surface area contributed by atoms with E-state index < -0.39 is 34.3 Å². The van der Waals surface area contributed by atoms with Gasteiger partial charge >= 0.3 is 0 Å². The highest BCUT2D eigenvalue weighted by molar-refractivity contribution is 7.92. The van der Waals surface area contributed by atoms with E-state index in [2.05, 4.69) is 5.32 Å². The number of hydrogen-bond donors (Lipinski definition) is 1. The molecule has 1 saturated carbocycles. The summed E-state index contributed by atoms with van der Waals surface area (Å²) in [4.78, 5) is 30.4. The van der Waals surface area contributed by atoms with Crippen molar-refractivity contribution in [2.24, 2.45) is 0 Å². The van der Waals surface area contributed by atoms with Crippen LogP contribution in [-0.4, -0.2) is 58.0 Å². The number of methoxy groups -OCH3 is 2. The Bertz CT molecular complexity index is 1850. The van der Waals surface area contributed by atoms with E-state index in [-0.39, 0.29) is 41.2 Å². The van der Waals surface area contributed by atoms with Crippen LogP contribution >= 0.6 is 0 Å². The second-order valence-corrected chi connectivity index (χ2v) is 14.4. The SMILES string of the molecule is COc1ccc(N(CC(=O)N(Cc2ccc(F)cc2)[C@H](Cc2ccccc2)C(=O)NC2CCCCC2)S(=O)(=O)c2ccc(C)cc2)cc1OC. The van der Waals surface area contributed by atoms with E-state index in [1.54, 1.807) is 36.4 Å². The quantitative estimate of drug-likeness (QED) is 0.162. The molecule has 4 aromatic rings. The van der Waals surface area contributed by atoms with Crippen molar-refractivity contribution in [2.75, 3.05) is 25.1 Å². The molecule has 0 bridgehead atoms. The van der Waals surface area contributed by atoms with Crippen LogP contribution in [0.3, 0.4) is 0 Å². The second-order valence-electron chi connectivity index (χ2n) is 12.6. The number of benzene rings is 4. The van der Waals surface area contributed by atoms with Gasteiger partial charge in [-0.1, -0.05) is 79.4 Å². The van der Waals surface area contributed by atoms with Crippen LogP contribution in [0.1, 0.15) is 48.8 Å². The molecule has 2 amide bonds. The van der Waals surface area contributed by atoms with Crippen LogP contribution in [0.25, 0.3) is 0 Å². The molecule has 9 nitrogen and oxygen atoms in total. The van der Waals surface area contributed by atoms with Crippen LogP contribution in [0.4, 0.5) is 10.1 Å².